The molecule has 3 N–H and O–H groups in total. The summed E-state index contributed by atoms with van der Waals surface area (Å²) in [5, 5.41) is 8.71. The van der Waals surface area contributed by atoms with Crippen molar-refractivity contribution in [2.75, 3.05) is 24.0 Å². The molecule has 0 saturated carbocycles. The summed E-state index contributed by atoms with van der Waals surface area (Å²) in [6.45, 7) is 2.61. The number of carbonyl (C=O) groups is 1. The Kier molecular flexibility index (Phi) is 6.73. The van der Waals surface area contributed by atoms with Gasteiger partial charge < -0.3 is 25.4 Å². The summed E-state index contributed by atoms with van der Waals surface area (Å²) in [7, 11) is 0. The lowest BCUT2D eigenvalue weighted by molar-refractivity contribution is 0.234. The van der Waals surface area contributed by atoms with Gasteiger partial charge in [-0.2, -0.15) is 0 Å². The van der Waals surface area contributed by atoms with Gasteiger partial charge in [0.05, 0.1) is 6.61 Å². The Bertz CT molecular complexity index is 866. The summed E-state index contributed by atoms with van der Waals surface area (Å²) in [4.78, 5) is 12.0. The molecule has 0 aromatic heterocycles. The Balaban J connectivity index is 1.41. The van der Waals surface area contributed by atoms with Crippen LogP contribution >= 0.6 is 0 Å². The summed E-state index contributed by atoms with van der Waals surface area (Å²) in [5.74, 6) is 1.44. The SMILES string of the molecule is CCOc1ccc(OCNC(=O)Nc2ccc(Nc3ccccc3)cc2)cc1. The maximum absolute atomic E-state index is 12.0. The van der Waals surface area contributed by atoms with Crippen LogP contribution in [0.2, 0.25) is 0 Å². The Morgan fingerprint density at radius 1 is 0.750 bits per heavy atom. The highest BCUT2D eigenvalue weighted by Gasteiger charge is 2.02. The van der Waals surface area contributed by atoms with Gasteiger partial charge in [0.25, 0.3) is 0 Å². The molecule has 3 aromatic carbocycles. The zero-order valence-electron chi connectivity index (χ0n) is 15.6. The zero-order chi connectivity index (χ0) is 19.6. The van der Waals surface area contributed by atoms with Crippen LogP contribution in [0.3, 0.4) is 0 Å². The van der Waals surface area contributed by atoms with Crippen LogP contribution in [0.1, 0.15) is 6.92 Å². The lowest BCUT2D eigenvalue weighted by Gasteiger charge is -2.11. The molecule has 0 aliphatic rings. The number of benzene rings is 3. The number of hydrogen-bond acceptors (Lipinski definition) is 4. The number of amides is 2. The standard InChI is InChI=1S/C22H23N3O3/c1-2-27-20-12-14-21(15-13-20)28-16-23-22(26)25-19-10-8-18(9-11-19)24-17-6-4-3-5-7-17/h3-15,24H,2,16H2,1H3,(H2,23,25,26). The molecule has 0 unspecified atom stereocenters. The van der Waals surface area contributed by atoms with Gasteiger partial charge in [-0.05, 0) is 67.6 Å². The maximum Gasteiger partial charge on any atom is 0.321 e. The average Bonchev–Trinajstić information content (AvgIpc) is 2.72. The van der Waals surface area contributed by atoms with Crippen LogP contribution in [-0.4, -0.2) is 19.4 Å². The molecule has 0 saturated heterocycles. The van der Waals surface area contributed by atoms with Crippen molar-refractivity contribution in [1.29, 1.82) is 0 Å². The van der Waals surface area contributed by atoms with Gasteiger partial charge in [0, 0.05) is 17.1 Å². The molecule has 0 heterocycles. The van der Waals surface area contributed by atoms with Crippen LogP contribution in [0, 0.1) is 0 Å². The third-order valence-electron chi connectivity index (χ3n) is 3.81. The predicted octanol–water partition coefficient (Wildman–Crippen LogP) is 4.99. The molecular weight excluding hydrogens is 354 g/mol. The molecule has 3 aromatic rings. The molecule has 6 heteroatoms. The van der Waals surface area contributed by atoms with Gasteiger partial charge in [0.15, 0.2) is 6.73 Å². The summed E-state index contributed by atoms with van der Waals surface area (Å²) in [6.07, 6.45) is 0. The van der Waals surface area contributed by atoms with Crippen LogP contribution in [-0.2, 0) is 0 Å². The van der Waals surface area contributed by atoms with Crippen molar-refractivity contribution in [1.82, 2.24) is 5.32 Å². The smallest absolute Gasteiger partial charge is 0.321 e. The molecule has 3 rings (SSSR count). The monoisotopic (exact) mass is 377 g/mol. The van der Waals surface area contributed by atoms with E-state index < -0.39 is 0 Å². The van der Waals surface area contributed by atoms with Gasteiger partial charge in [-0.25, -0.2) is 4.79 Å². The first-order chi connectivity index (χ1) is 13.7. The van der Waals surface area contributed by atoms with E-state index in [2.05, 4.69) is 16.0 Å². The van der Waals surface area contributed by atoms with E-state index in [9.17, 15) is 4.79 Å². The second-order valence-corrected chi connectivity index (χ2v) is 5.89. The van der Waals surface area contributed by atoms with Gasteiger partial charge in [0.1, 0.15) is 11.5 Å². The second-order valence-electron chi connectivity index (χ2n) is 5.89. The minimum atomic E-state index is -0.338. The van der Waals surface area contributed by atoms with E-state index in [0.717, 1.165) is 17.1 Å². The second kappa shape index (κ2) is 9.87. The Morgan fingerprint density at radius 3 is 1.96 bits per heavy atom. The molecule has 144 valence electrons. The predicted molar refractivity (Wildman–Crippen MR) is 111 cm³/mol. The fourth-order valence-electron chi connectivity index (χ4n) is 2.48. The highest BCUT2D eigenvalue weighted by molar-refractivity contribution is 5.89. The van der Waals surface area contributed by atoms with E-state index in [1.165, 1.54) is 0 Å². The van der Waals surface area contributed by atoms with E-state index in [0.29, 0.717) is 18.0 Å². The van der Waals surface area contributed by atoms with E-state index in [4.69, 9.17) is 9.47 Å². The highest BCUT2D eigenvalue weighted by Crippen LogP contribution is 2.19. The number of para-hydroxylation sites is 1. The summed E-state index contributed by atoms with van der Waals surface area (Å²) in [6, 6.07) is 24.3. The van der Waals surface area contributed by atoms with E-state index in [1.54, 1.807) is 12.1 Å². The minimum Gasteiger partial charge on any atom is -0.494 e. The van der Waals surface area contributed by atoms with Crippen molar-refractivity contribution in [3.05, 3.63) is 78.9 Å². The first kappa shape index (κ1) is 19.1. The Labute approximate surface area is 164 Å². The van der Waals surface area contributed by atoms with Crippen LogP contribution in [0.5, 0.6) is 11.5 Å². The maximum atomic E-state index is 12.0. The number of rotatable bonds is 8. The van der Waals surface area contributed by atoms with E-state index in [1.807, 2.05) is 73.7 Å². The van der Waals surface area contributed by atoms with Crippen molar-refractivity contribution >= 4 is 23.1 Å². The fraction of sp³-hybridized carbons (Fsp3) is 0.136. The van der Waals surface area contributed by atoms with Crippen LogP contribution in [0.4, 0.5) is 21.9 Å². The molecule has 0 spiro atoms. The number of anilines is 3. The van der Waals surface area contributed by atoms with Crippen molar-refractivity contribution < 1.29 is 14.3 Å². The lowest BCUT2D eigenvalue weighted by atomic mass is 10.2. The first-order valence-corrected chi connectivity index (χ1v) is 9.05. The van der Waals surface area contributed by atoms with Gasteiger partial charge in [-0.1, -0.05) is 18.2 Å². The van der Waals surface area contributed by atoms with Crippen molar-refractivity contribution in [2.45, 2.75) is 6.92 Å². The molecule has 0 atom stereocenters. The number of nitrogens with one attached hydrogen (secondary N) is 3. The Morgan fingerprint density at radius 2 is 1.32 bits per heavy atom. The van der Waals surface area contributed by atoms with Crippen LogP contribution < -0.4 is 25.4 Å². The van der Waals surface area contributed by atoms with Crippen molar-refractivity contribution in [3.8, 4) is 11.5 Å². The fourth-order valence-corrected chi connectivity index (χ4v) is 2.48. The number of hydrogen-bond donors (Lipinski definition) is 3. The van der Waals surface area contributed by atoms with Gasteiger partial charge >= 0.3 is 6.03 Å². The molecule has 2 amide bonds. The molecule has 0 aliphatic heterocycles. The molecule has 0 radical (unpaired) electrons. The normalized spacial score (nSPS) is 10.0. The molecule has 0 bridgehead atoms. The van der Waals surface area contributed by atoms with Crippen molar-refractivity contribution in [3.63, 3.8) is 0 Å². The topological polar surface area (TPSA) is 71.6 Å². The Hall–Kier alpha value is -3.67. The highest BCUT2D eigenvalue weighted by atomic mass is 16.5. The summed E-state index contributed by atoms with van der Waals surface area (Å²) < 4.78 is 10.9. The summed E-state index contributed by atoms with van der Waals surface area (Å²) in [5.41, 5.74) is 2.64. The quantitative estimate of drug-likeness (QED) is 0.484. The summed E-state index contributed by atoms with van der Waals surface area (Å²) >= 11 is 0. The number of ether oxygens (including phenoxy) is 2. The molecule has 0 aliphatic carbocycles. The molecular formula is C22H23N3O3. The third kappa shape index (κ3) is 5.95. The van der Waals surface area contributed by atoms with Crippen molar-refractivity contribution in [2.24, 2.45) is 0 Å². The lowest BCUT2D eigenvalue weighted by Crippen LogP contribution is -2.31. The van der Waals surface area contributed by atoms with Gasteiger partial charge in [-0.3, -0.25) is 0 Å². The minimum absolute atomic E-state index is 0.0630. The number of urea groups is 1. The number of carbonyl (C=O) groups excluding carboxylic acids is 1. The zero-order valence-corrected chi connectivity index (χ0v) is 15.6. The van der Waals surface area contributed by atoms with E-state index >= 15 is 0 Å². The van der Waals surface area contributed by atoms with Crippen LogP contribution in [0.15, 0.2) is 78.9 Å². The van der Waals surface area contributed by atoms with E-state index in [-0.39, 0.29) is 12.8 Å². The van der Waals surface area contributed by atoms with Crippen LogP contribution in [0.25, 0.3) is 0 Å². The largest absolute Gasteiger partial charge is 0.494 e. The van der Waals surface area contributed by atoms with Gasteiger partial charge in [0.2, 0.25) is 0 Å². The molecule has 28 heavy (non-hydrogen) atoms. The first-order valence-electron chi connectivity index (χ1n) is 9.05. The molecule has 0 fully saturated rings. The average molecular weight is 377 g/mol. The third-order valence-corrected chi connectivity index (χ3v) is 3.81. The van der Waals surface area contributed by atoms with Gasteiger partial charge in [-0.15, -0.1) is 0 Å². The molecule has 6 nitrogen and oxygen atoms in total.